The topological polar surface area (TPSA) is 67.1 Å². The molecular weight excluding hydrogens is 282 g/mol. The second-order valence-electron chi connectivity index (χ2n) is 6.08. The van der Waals surface area contributed by atoms with Crippen molar-refractivity contribution in [1.29, 1.82) is 0 Å². The van der Waals surface area contributed by atoms with Gasteiger partial charge in [0.1, 0.15) is 10.7 Å². The molecule has 1 unspecified atom stereocenters. The van der Waals surface area contributed by atoms with Gasteiger partial charge in [-0.05, 0) is 44.7 Å². The lowest BCUT2D eigenvalue weighted by Crippen LogP contribution is -2.34. The standard InChI is InChI=1S/C15H23N5S/c1-9-5-4-6-20(7-9)8-12-17-14(19-16)13-10(2)11(3)21-15(13)18-12/h9H,4-8,16H2,1-3H3,(H,17,18,19). The van der Waals surface area contributed by atoms with Crippen LogP contribution in [0.4, 0.5) is 5.82 Å². The van der Waals surface area contributed by atoms with Crippen LogP contribution in [0.1, 0.15) is 36.0 Å². The summed E-state index contributed by atoms with van der Waals surface area (Å²) in [5.41, 5.74) is 3.97. The number of hydrogen-bond acceptors (Lipinski definition) is 6. The lowest BCUT2D eigenvalue weighted by Gasteiger charge is -2.30. The molecule has 0 aromatic carbocycles. The number of fused-ring (bicyclic) bond motifs is 1. The lowest BCUT2D eigenvalue weighted by molar-refractivity contribution is 0.173. The summed E-state index contributed by atoms with van der Waals surface area (Å²) in [4.78, 5) is 14.1. The van der Waals surface area contributed by atoms with Crippen LogP contribution in [-0.2, 0) is 6.54 Å². The molecule has 0 saturated carbocycles. The molecule has 3 N–H and O–H groups in total. The van der Waals surface area contributed by atoms with E-state index in [9.17, 15) is 0 Å². The van der Waals surface area contributed by atoms with E-state index in [1.165, 1.54) is 23.3 Å². The number of nitrogens with two attached hydrogens (primary N) is 1. The Hall–Kier alpha value is -1.24. The molecule has 0 spiro atoms. The van der Waals surface area contributed by atoms with E-state index in [-0.39, 0.29) is 0 Å². The van der Waals surface area contributed by atoms with Crippen molar-refractivity contribution in [2.24, 2.45) is 11.8 Å². The maximum Gasteiger partial charge on any atom is 0.152 e. The van der Waals surface area contributed by atoms with Gasteiger partial charge in [0.05, 0.1) is 11.9 Å². The molecule has 1 saturated heterocycles. The zero-order valence-corrected chi connectivity index (χ0v) is 13.8. The first-order valence-electron chi connectivity index (χ1n) is 7.54. The number of thiophene rings is 1. The molecule has 1 aliphatic heterocycles. The molecule has 0 amide bonds. The fourth-order valence-electron chi connectivity index (χ4n) is 3.10. The van der Waals surface area contributed by atoms with Crippen LogP contribution in [-0.4, -0.2) is 28.0 Å². The summed E-state index contributed by atoms with van der Waals surface area (Å²) in [5, 5.41) is 1.07. The number of hydrazine groups is 1. The summed E-state index contributed by atoms with van der Waals surface area (Å²) in [5.74, 6) is 8.05. The molecular formula is C15H23N5S. The number of rotatable bonds is 3. The van der Waals surface area contributed by atoms with Gasteiger partial charge in [0.25, 0.3) is 0 Å². The first-order chi connectivity index (χ1) is 10.1. The molecule has 6 heteroatoms. The van der Waals surface area contributed by atoms with E-state index in [0.717, 1.165) is 47.4 Å². The molecule has 0 radical (unpaired) electrons. The van der Waals surface area contributed by atoms with E-state index in [0.29, 0.717) is 0 Å². The van der Waals surface area contributed by atoms with Crippen molar-refractivity contribution in [3.05, 3.63) is 16.3 Å². The Kier molecular flexibility index (Phi) is 4.10. The normalized spacial score (nSPS) is 20.1. The third-order valence-corrected chi connectivity index (χ3v) is 5.42. The summed E-state index contributed by atoms with van der Waals surface area (Å²) in [6, 6.07) is 0. The average molecular weight is 305 g/mol. The van der Waals surface area contributed by atoms with E-state index < -0.39 is 0 Å². The monoisotopic (exact) mass is 305 g/mol. The summed E-state index contributed by atoms with van der Waals surface area (Å²) < 4.78 is 0. The van der Waals surface area contributed by atoms with Gasteiger partial charge in [-0.3, -0.25) is 4.90 Å². The Morgan fingerprint density at radius 1 is 1.38 bits per heavy atom. The van der Waals surface area contributed by atoms with Crippen LogP contribution in [0.15, 0.2) is 0 Å². The van der Waals surface area contributed by atoms with Crippen molar-refractivity contribution in [2.75, 3.05) is 18.5 Å². The van der Waals surface area contributed by atoms with Crippen LogP contribution >= 0.6 is 11.3 Å². The van der Waals surface area contributed by atoms with Crippen LogP contribution < -0.4 is 11.3 Å². The maximum atomic E-state index is 5.67. The van der Waals surface area contributed by atoms with E-state index in [1.54, 1.807) is 11.3 Å². The Labute approximate surface area is 129 Å². The first kappa shape index (κ1) is 14.7. The number of aromatic nitrogens is 2. The largest absolute Gasteiger partial charge is 0.308 e. The quantitative estimate of drug-likeness (QED) is 0.674. The number of nitrogens with one attached hydrogen (secondary N) is 1. The van der Waals surface area contributed by atoms with Gasteiger partial charge in [-0.2, -0.15) is 0 Å². The van der Waals surface area contributed by atoms with Gasteiger partial charge in [0.2, 0.25) is 0 Å². The van der Waals surface area contributed by atoms with Crippen LogP contribution in [0.3, 0.4) is 0 Å². The predicted molar refractivity (Wildman–Crippen MR) is 88.4 cm³/mol. The van der Waals surface area contributed by atoms with Gasteiger partial charge in [0, 0.05) is 11.4 Å². The highest BCUT2D eigenvalue weighted by Gasteiger charge is 2.19. The van der Waals surface area contributed by atoms with Crippen molar-refractivity contribution in [2.45, 2.75) is 40.2 Å². The molecule has 1 fully saturated rings. The Morgan fingerprint density at radius 2 is 2.19 bits per heavy atom. The van der Waals surface area contributed by atoms with Gasteiger partial charge in [-0.25, -0.2) is 15.8 Å². The highest BCUT2D eigenvalue weighted by atomic mass is 32.1. The molecule has 1 aliphatic rings. The summed E-state index contributed by atoms with van der Waals surface area (Å²) in [6.07, 6.45) is 2.60. The Morgan fingerprint density at radius 3 is 2.90 bits per heavy atom. The van der Waals surface area contributed by atoms with Gasteiger partial charge in [-0.1, -0.05) is 6.92 Å². The van der Waals surface area contributed by atoms with Crippen LogP contribution in [0.5, 0.6) is 0 Å². The molecule has 3 heterocycles. The number of nitrogen functional groups attached to an aromatic ring is 1. The fourth-order valence-corrected chi connectivity index (χ4v) is 4.15. The number of piperidine rings is 1. The van der Waals surface area contributed by atoms with Crippen molar-refractivity contribution < 1.29 is 0 Å². The predicted octanol–water partition coefficient (Wildman–Crippen LogP) is 2.83. The van der Waals surface area contributed by atoms with E-state index >= 15 is 0 Å². The molecule has 5 nitrogen and oxygen atoms in total. The second-order valence-corrected chi connectivity index (χ2v) is 7.28. The summed E-state index contributed by atoms with van der Waals surface area (Å²) in [6.45, 7) is 9.62. The third kappa shape index (κ3) is 2.88. The van der Waals surface area contributed by atoms with Gasteiger partial charge in [0.15, 0.2) is 5.82 Å². The maximum absolute atomic E-state index is 5.67. The summed E-state index contributed by atoms with van der Waals surface area (Å²) >= 11 is 1.72. The van der Waals surface area contributed by atoms with Crippen LogP contribution in [0.2, 0.25) is 0 Å². The first-order valence-corrected chi connectivity index (χ1v) is 8.35. The molecule has 0 aliphatic carbocycles. The minimum atomic E-state index is 0.752. The SMILES string of the molecule is Cc1sc2nc(CN3CCCC(C)C3)nc(NN)c2c1C. The molecule has 2 aromatic heterocycles. The third-order valence-electron chi connectivity index (χ3n) is 4.32. The van der Waals surface area contributed by atoms with Crippen molar-refractivity contribution in [3.8, 4) is 0 Å². The van der Waals surface area contributed by atoms with Gasteiger partial charge >= 0.3 is 0 Å². The molecule has 0 bridgehead atoms. The fraction of sp³-hybridized carbons (Fsp3) is 0.600. The summed E-state index contributed by atoms with van der Waals surface area (Å²) in [7, 11) is 0. The second kappa shape index (κ2) is 5.87. The van der Waals surface area contributed by atoms with Crippen molar-refractivity contribution >= 4 is 27.4 Å². The number of likely N-dealkylation sites (tertiary alicyclic amines) is 1. The number of hydrogen-bond donors (Lipinski definition) is 2. The number of nitrogens with zero attached hydrogens (tertiary/aromatic N) is 3. The Balaban J connectivity index is 1.92. The highest BCUT2D eigenvalue weighted by Crippen LogP contribution is 2.33. The molecule has 1 atom stereocenters. The highest BCUT2D eigenvalue weighted by molar-refractivity contribution is 7.18. The molecule has 3 rings (SSSR count). The van der Waals surface area contributed by atoms with Gasteiger partial charge < -0.3 is 5.43 Å². The molecule has 114 valence electrons. The van der Waals surface area contributed by atoms with Crippen molar-refractivity contribution in [1.82, 2.24) is 14.9 Å². The number of anilines is 1. The Bertz CT molecular complexity index is 651. The molecule has 2 aromatic rings. The zero-order valence-electron chi connectivity index (χ0n) is 12.9. The average Bonchev–Trinajstić information content (AvgIpc) is 2.73. The minimum Gasteiger partial charge on any atom is -0.308 e. The van der Waals surface area contributed by atoms with Crippen LogP contribution in [0, 0.1) is 19.8 Å². The minimum absolute atomic E-state index is 0.752. The molecule has 21 heavy (non-hydrogen) atoms. The lowest BCUT2D eigenvalue weighted by atomic mass is 10.0. The zero-order chi connectivity index (χ0) is 15.0. The van der Waals surface area contributed by atoms with E-state index in [2.05, 4.69) is 36.1 Å². The van der Waals surface area contributed by atoms with Crippen LogP contribution in [0.25, 0.3) is 10.2 Å². The van der Waals surface area contributed by atoms with Gasteiger partial charge in [-0.15, -0.1) is 11.3 Å². The van der Waals surface area contributed by atoms with E-state index in [4.69, 9.17) is 10.8 Å². The van der Waals surface area contributed by atoms with E-state index in [1.807, 2.05) is 0 Å². The smallest absolute Gasteiger partial charge is 0.152 e. The van der Waals surface area contributed by atoms with Crippen molar-refractivity contribution in [3.63, 3.8) is 0 Å². The number of aryl methyl sites for hydroxylation is 2.